The molecule has 0 fully saturated rings. The standard InChI is InChI=1S/C11H20N/c1-3-7-11-8-5-6-10-12(11)9-4-2/h3-7,9-10H2,1-2H3. The van der Waals surface area contributed by atoms with E-state index in [1.165, 1.54) is 50.9 Å². The summed E-state index contributed by atoms with van der Waals surface area (Å²) in [6.07, 6.45) is 9.71. The van der Waals surface area contributed by atoms with Crippen molar-refractivity contribution in [2.24, 2.45) is 0 Å². The van der Waals surface area contributed by atoms with E-state index in [0.29, 0.717) is 0 Å². The summed E-state index contributed by atoms with van der Waals surface area (Å²) in [5, 5.41) is 0. The molecule has 0 saturated carbocycles. The van der Waals surface area contributed by atoms with Gasteiger partial charge >= 0.3 is 0 Å². The lowest BCUT2D eigenvalue weighted by Gasteiger charge is -2.30. The van der Waals surface area contributed by atoms with Crippen molar-refractivity contribution in [3.05, 3.63) is 11.8 Å². The first kappa shape index (κ1) is 9.63. The second-order valence-electron chi connectivity index (χ2n) is 3.46. The molecule has 0 aromatic rings. The van der Waals surface area contributed by atoms with Crippen molar-refractivity contribution in [1.29, 1.82) is 0 Å². The van der Waals surface area contributed by atoms with Gasteiger partial charge in [0, 0.05) is 18.8 Å². The number of hydrogen-bond acceptors (Lipinski definition) is 1. The Hall–Kier alpha value is -0.460. The van der Waals surface area contributed by atoms with E-state index in [2.05, 4.69) is 24.8 Å². The highest BCUT2D eigenvalue weighted by molar-refractivity contribution is 4.99. The van der Waals surface area contributed by atoms with Gasteiger partial charge in [-0.15, -0.1) is 0 Å². The molecule has 0 unspecified atom stereocenters. The van der Waals surface area contributed by atoms with Gasteiger partial charge in [0.1, 0.15) is 0 Å². The second kappa shape index (κ2) is 5.23. The van der Waals surface area contributed by atoms with Gasteiger partial charge in [0.25, 0.3) is 0 Å². The van der Waals surface area contributed by atoms with Gasteiger partial charge < -0.3 is 4.90 Å². The number of hydrogen-bond donors (Lipinski definition) is 0. The van der Waals surface area contributed by atoms with Crippen LogP contribution in [0.2, 0.25) is 0 Å². The molecule has 1 aliphatic rings. The molecule has 1 nitrogen and oxygen atoms in total. The van der Waals surface area contributed by atoms with Gasteiger partial charge in [-0.25, -0.2) is 0 Å². The van der Waals surface area contributed by atoms with E-state index in [-0.39, 0.29) is 0 Å². The molecule has 1 heterocycles. The molecule has 0 bridgehead atoms. The van der Waals surface area contributed by atoms with E-state index in [4.69, 9.17) is 0 Å². The monoisotopic (exact) mass is 166 g/mol. The second-order valence-corrected chi connectivity index (χ2v) is 3.46. The fourth-order valence-corrected chi connectivity index (χ4v) is 1.75. The quantitative estimate of drug-likeness (QED) is 0.620. The first-order chi connectivity index (χ1) is 5.88. The predicted octanol–water partition coefficient (Wildman–Crippen LogP) is 2.98. The Morgan fingerprint density at radius 1 is 1.33 bits per heavy atom. The van der Waals surface area contributed by atoms with Gasteiger partial charge in [0.15, 0.2) is 0 Å². The summed E-state index contributed by atoms with van der Waals surface area (Å²) in [4.78, 5) is 2.51. The third-order valence-corrected chi connectivity index (χ3v) is 2.30. The SMILES string of the molecule is CCCC1=[C]CCCN1CCC. The van der Waals surface area contributed by atoms with Crippen molar-refractivity contribution in [1.82, 2.24) is 4.90 Å². The summed E-state index contributed by atoms with van der Waals surface area (Å²) >= 11 is 0. The van der Waals surface area contributed by atoms with Gasteiger partial charge in [-0.3, -0.25) is 0 Å². The maximum Gasteiger partial charge on any atom is 0.0178 e. The van der Waals surface area contributed by atoms with Crippen LogP contribution in [0.5, 0.6) is 0 Å². The Bertz CT molecular complexity index is 149. The molecular formula is C11H20N. The lowest BCUT2D eigenvalue weighted by molar-refractivity contribution is 0.307. The highest BCUT2D eigenvalue weighted by atomic mass is 15.1. The van der Waals surface area contributed by atoms with Gasteiger partial charge in [-0.1, -0.05) is 20.3 Å². The van der Waals surface area contributed by atoms with E-state index >= 15 is 0 Å². The molecule has 1 heteroatoms. The maximum absolute atomic E-state index is 3.50. The molecule has 12 heavy (non-hydrogen) atoms. The van der Waals surface area contributed by atoms with Gasteiger partial charge in [0.05, 0.1) is 0 Å². The lowest BCUT2D eigenvalue weighted by Crippen LogP contribution is -2.27. The summed E-state index contributed by atoms with van der Waals surface area (Å²) in [5.41, 5.74) is 1.48. The summed E-state index contributed by atoms with van der Waals surface area (Å²) in [6, 6.07) is 0. The van der Waals surface area contributed by atoms with E-state index in [1.54, 1.807) is 0 Å². The van der Waals surface area contributed by atoms with Crippen LogP contribution in [0.1, 0.15) is 46.0 Å². The van der Waals surface area contributed by atoms with Gasteiger partial charge in [-0.2, -0.15) is 0 Å². The van der Waals surface area contributed by atoms with E-state index < -0.39 is 0 Å². The molecule has 0 aromatic carbocycles. The minimum Gasteiger partial charge on any atom is -0.375 e. The van der Waals surface area contributed by atoms with Gasteiger partial charge in [-0.05, 0) is 31.8 Å². The molecule has 0 aliphatic carbocycles. The van der Waals surface area contributed by atoms with Crippen molar-refractivity contribution in [3.8, 4) is 0 Å². The largest absolute Gasteiger partial charge is 0.375 e. The molecule has 0 amide bonds. The van der Waals surface area contributed by atoms with Crippen molar-refractivity contribution >= 4 is 0 Å². The van der Waals surface area contributed by atoms with Crippen molar-refractivity contribution in [3.63, 3.8) is 0 Å². The Morgan fingerprint density at radius 3 is 2.83 bits per heavy atom. The smallest absolute Gasteiger partial charge is 0.0178 e. The molecular weight excluding hydrogens is 146 g/mol. The van der Waals surface area contributed by atoms with Crippen LogP contribution in [0.15, 0.2) is 5.70 Å². The fraction of sp³-hybridized carbons (Fsp3) is 0.818. The van der Waals surface area contributed by atoms with Crippen LogP contribution in [0.25, 0.3) is 0 Å². The van der Waals surface area contributed by atoms with E-state index in [1.807, 2.05) is 0 Å². The predicted molar refractivity (Wildman–Crippen MR) is 52.8 cm³/mol. The van der Waals surface area contributed by atoms with E-state index in [0.717, 1.165) is 0 Å². The van der Waals surface area contributed by atoms with Crippen molar-refractivity contribution in [2.45, 2.75) is 46.0 Å². The zero-order chi connectivity index (χ0) is 8.81. The zero-order valence-corrected chi connectivity index (χ0v) is 8.40. The Kier molecular flexibility index (Phi) is 4.20. The van der Waals surface area contributed by atoms with E-state index in [9.17, 15) is 0 Å². The first-order valence-electron chi connectivity index (χ1n) is 5.23. The molecule has 0 spiro atoms. The fourth-order valence-electron chi connectivity index (χ4n) is 1.75. The maximum atomic E-state index is 3.50. The van der Waals surface area contributed by atoms with Crippen LogP contribution in [-0.2, 0) is 0 Å². The third-order valence-electron chi connectivity index (χ3n) is 2.30. The van der Waals surface area contributed by atoms with Crippen LogP contribution in [0.4, 0.5) is 0 Å². The highest BCUT2D eigenvalue weighted by Crippen LogP contribution is 2.18. The summed E-state index contributed by atoms with van der Waals surface area (Å²) in [5.74, 6) is 0. The van der Waals surface area contributed by atoms with Crippen LogP contribution in [-0.4, -0.2) is 18.0 Å². The van der Waals surface area contributed by atoms with Crippen LogP contribution < -0.4 is 0 Å². The van der Waals surface area contributed by atoms with Crippen molar-refractivity contribution < 1.29 is 0 Å². The molecule has 0 aromatic heterocycles. The topological polar surface area (TPSA) is 3.24 Å². The van der Waals surface area contributed by atoms with Crippen LogP contribution >= 0.6 is 0 Å². The van der Waals surface area contributed by atoms with Gasteiger partial charge in [0.2, 0.25) is 0 Å². The number of rotatable bonds is 4. The summed E-state index contributed by atoms with van der Waals surface area (Å²) < 4.78 is 0. The Morgan fingerprint density at radius 2 is 2.17 bits per heavy atom. The van der Waals surface area contributed by atoms with Crippen molar-refractivity contribution in [2.75, 3.05) is 13.1 Å². The molecule has 1 radical (unpaired) electrons. The Labute approximate surface area is 76.5 Å². The lowest BCUT2D eigenvalue weighted by atomic mass is 10.1. The highest BCUT2D eigenvalue weighted by Gasteiger charge is 2.11. The minimum atomic E-state index is 1.18. The molecule has 1 aliphatic heterocycles. The van der Waals surface area contributed by atoms with Crippen LogP contribution in [0.3, 0.4) is 0 Å². The molecule has 69 valence electrons. The minimum absolute atomic E-state index is 1.18. The molecule has 0 N–H and O–H groups in total. The zero-order valence-electron chi connectivity index (χ0n) is 8.40. The average Bonchev–Trinajstić information content (AvgIpc) is 2.09. The third kappa shape index (κ3) is 2.54. The Balaban J connectivity index is 2.45. The number of allylic oxidation sites excluding steroid dienone is 2. The summed E-state index contributed by atoms with van der Waals surface area (Å²) in [7, 11) is 0. The summed E-state index contributed by atoms with van der Waals surface area (Å²) in [6.45, 7) is 6.98. The molecule has 0 saturated heterocycles. The average molecular weight is 166 g/mol. The normalized spacial score (nSPS) is 17.8. The molecule has 0 atom stereocenters. The number of nitrogens with zero attached hydrogens (tertiary/aromatic N) is 1. The molecule has 1 rings (SSSR count). The van der Waals surface area contributed by atoms with Crippen LogP contribution in [0, 0.1) is 6.08 Å². The first-order valence-corrected chi connectivity index (χ1v) is 5.23.